The molecule has 8 heteroatoms. The van der Waals surface area contributed by atoms with Gasteiger partial charge in [0, 0.05) is 57.5 Å². The van der Waals surface area contributed by atoms with Crippen molar-refractivity contribution < 1.29 is 9.13 Å². The first-order chi connectivity index (χ1) is 15.7. The number of piperazine rings is 1. The molecule has 32 heavy (non-hydrogen) atoms. The molecule has 5 rings (SSSR count). The summed E-state index contributed by atoms with van der Waals surface area (Å²) < 4.78 is 20.8. The first-order valence-electron chi connectivity index (χ1n) is 11.6. The minimum Gasteiger partial charge on any atom is -0.381 e. The molecule has 0 N–H and O–H groups in total. The van der Waals surface area contributed by atoms with Crippen LogP contribution in [0.25, 0.3) is 22.6 Å². The van der Waals surface area contributed by atoms with E-state index in [2.05, 4.69) is 45.6 Å². The molecule has 2 aliphatic rings. The molecule has 0 aliphatic carbocycles. The minimum atomic E-state index is -0.299. The Bertz CT molecular complexity index is 1090. The molecule has 7 nitrogen and oxygen atoms in total. The molecule has 2 aliphatic heterocycles. The number of aromatic nitrogens is 4. The summed E-state index contributed by atoms with van der Waals surface area (Å²) in [5.41, 5.74) is 4.10. The Morgan fingerprint density at radius 3 is 2.47 bits per heavy atom. The average Bonchev–Trinajstić information content (AvgIpc) is 3.19. The van der Waals surface area contributed by atoms with Crippen molar-refractivity contribution in [2.45, 2.75) is 32.7 Å². The monoisotopic (exact) mass is 438 g/mol. The zero-order chi connectivity index (χ0) is 22.1. The molecule has 0 bridgehead atoms. The van der Waals surface area contributed by atoms with Gasteiger partial charge in [-0.05, 0) is 32.3 Å². The van der Waals surface area contributed by atoms with Crippen LogP contribution in [0.2, 0.25) is 0 Å². The zero-order valence-corrected chi connectivity index (χ0v) is 18.9. The average molecular weight is 439 g/mol. The van der Waals surface area contributed by atoms with Gasteiger partial charge in [0.1, 0.15) is 18.3 Å². The van der Waals surface area contributed by atoms with E-state index < -0.39 is 0 Å². The van der Waals surface area contributed by atoms with E-state index in [4.69, 9.17) is 19.7 Å². The van der Waals surface area contributed by atoms with E-state index in [1.54, 1.807) is 0 Å². The largest absolute Gasteiger partial charge is 0.381 e. The Kier molecular flexibility index (Phi) is 6.06. The van der Waals surface area contributed by atoms with Crippen LogP contribution in [-0.4, -0.2) is 77.0 Å². The molecule has 1 aromatic carbocycles. The zero-order valence-electron chi connectivity index (χ0n) is 18.9. The lowest BCUT2D eigenvalue weighted by Crippen LogP contribution is -2.47. The van der Waals surface area contributed by atoms with Crippen LogP contribution in [0.1, 0.15) is 30.3 Å². The molecule has 0 spiro atoms. The van der Waals surface area contributed by atoms with Crippen molar-refractivity contribution in [2.24, 2.45) is 0 Å². The molecule has 0 radical (unpaired) electrons. The SMILES string of the molecule is Cc1nc(N2CCN(CCF)CC2)c2nc(-c3ccccc3C)n(C3CCOCC3)c2n1. The van der Waals surface area contributed by atoms with Gasteiger partial charge in [0.25, 0.3) is 0 Å². The molecule has 170 valence electrons. The van der Waals surface area contributed by atoms with Gasteiger partial charge < -0.3 is 14.2 Å². The van der Waals surface area contributed by atoms with E-state index in [0.717, 1.165) is 86.4 Å². The van der Waals surface area contributed by atoms with E-state index >= 15 is 0 Å². The lowest BCUT2D eigenvalue weighted by molar-refractivity contribution is 0.0708. The molecular weight excluding hydrogens is 407 g/mol. The van der Waals surface area contributed by atoms with Crippen LogP contribution in [-0.2, 0) is 4.74 Å². The van der Waals surface area contributed by atoms with E-state index in [1.165, 1.54) is 5.56 Å². The molecule has 4 heterocycles. The van der Waals surface area contributed by atoms with Gasteiger partial charge in [-0.2, -0.15) is 0 Å². The summed E-state index contributed by atoms with van der Waals surface area (Å²) in [7, 11) is 0. The summed E-state index contributed by atoms with van der Waals surface area (Å²) in [4.78, 5) is 19.3. The van der Waals surface area contributed by atoms with E-state index in [-0.39, 0.29) is 6.67 Å². The van der Waals surface area contributed by atoms with Gasteiger partial charge >= 0.3 is 0 Å². The van der Waals surface area contributed by atoms with Crippen LogP contribution >= 0.6 is 0 Å². The molecule has 3 aromatic rings. The fraction of sp³-hybridized carbons (Fsp3) is 0.542. The molecular formula is C24H31FN6O. The Labute approximate surface area is 188 Å². The van der Waals surface area contributed by atoms with Crippen LogP contribution in [0.3, 0.4) is 0 Å². The van der Waals surface area contributed by atoms with E-state index in [9.17, 15) is 4.39 Å². The number of fused-ring (bicyclic) bond motifs is 1. The number of hydrogen-bond acceptors (Lipinski definition) is 6. The van der Waals surface area contributed by atoms with Crippen molar-refractivity contribution in [3.8, 4) is 11.4 Å². The van der Waals surface area contributed by atoms with Gasteiger partial charge in [0.05, 0.1) is 0 Å². The van der Waals surface area contributed by atoms with Crippen molar-refractivity contribution >= 4 is 17.0 Å². The second kappa shape index (κ2) is 9.11. The maximum atomic E-state index is 12.8. The van der Waals surface area contributed by atoms with Crippen LogP contribution in [0, 0.1) is 13.8 Å². The summed E-state index contributed by atoms with van der Waals surface area (Å²) in [6.45, 7) is 9.09. The normalized spacial score (nSPS) is 18.5. The summed E-state index contributed by atoms with van der Waals surface area (Å²) in [5, 5.41) is 0. The fourth-order valence-electron chi connectivity index (χ4n) is 4.89. The smallest absolute Gasteiger partial charge is 0.166 e. The third-order valence-electron chi connectivity index (χ3n) is 6.65. The van der Waals surface area contributed by atoms with Crippen LogP contribution < -0.4 is 4.90 Å². The maximum absolute atomic E-state index is 12.8. The lowest BCUT2D eigenvalue weighted by atomic mass is 10.1. The molecule has 2 saturated heterocycles. The number of rotatable bonds is 5. The van der Waals surface area contributed by atoms with E-state index in [0.29, 0.717) is 12.6 Å². The molecule has 0 unspecified atom stereocenters. The Morgan fingerprint density at radius 1 is 1.00 bits per heavy atom. The van der Waals surface area contributed by atoms with Gasteiger partial charge in [0.2, 0.25) is 0 Å². The number of aryl methyl sites for hydroxylation is 2. The van der Waals surface area contributed by atoms with Crippen molar-refractivity contribution in [3.63, 3.8) is 0 Å². The lowest BCUT2D eigenvalue weighted by Gasteiger charge is -2.35. The second-order valence-electron chi connectivity index (χ2n) is 8.75. The van der Waals surface area contributed by atoms with Crippen molar-refractivity contribution in [1.82, 2.24) is 24.4 Å². The Hall–Kier alpha value is -2.58. The molecule has 0 atom stereocenters. The van der Waals surface area contributed by atoms with Crippen LogP contribution in [0.4, 0.5) is 10.2 Å². The predicted molar refractivity (Wildman–Crippen MR) is 124 cm³/mol. The predicted octanol–water partition coefficient (Wildman–Crippen LogP) is 3.55. The van der Waals surface area contributed by atoms with Crippen LogP contribution in [0.15, 0.2) is 24.3 Å². The summed E-state index contributed by atoms with van der Waals surface area (Å²) in [6, 6.07) is 8.70. The van der Waals surface area contributed by atoms with Gasteiger partial charge in [-0.3, -0.25) is 4.90 Å². The number of anilines is 1. The molecule has 0 saturated carbocycles. The first kappa shape index (κ1) is 21.3. The van der Waals surface area contributed by atoms with Gasteiger partial charge in [-0.1, -0.05) is 24.3 Å². The van der Waals surface area contributed by atoms with Gasteiger partial charge in [-0.25, -0.2) is 19.3 Å². The molecule has 2 aromatic heterocycles. The summed E-state index contributed by atoms with van der Waals surface area (Å²) in [5.74, 6) is 2.61. The highest BCUT2D eigenvalue weighted by Crippen LogP contribution is 2.36. The standard InChI is InChI=1S/C24H31FN6O/c1-17-5-3-4-6-20(17)22-28-21-23(30-13-11-29(10-9-25)12-14-30)26-18(2)27-24(21)31(22)19-7-15-32-16-8-19/h3-6,19H,7-16H2,1-2H3. The maximum Gasteiger partial charge on any atom is 0.166 e. The number of halogens is 1. The van der Waals surface area contributed by atoms with Gasteiger partial charge in [0.15, 0.2) is 17.0 Å². The highest BCUT2D eigenvalue weighted by atomic mass is 19.1. The van der Waals surface area contributed by atoms with Crippen LogP contribution in [0.5, 0.6) is 0 Å². The Morgan fingerprint density at radius 2 is 1.75 bits per heavy atom. The fourth-order valence-corrected chi connectivity index (χ4v) is 4.89. The number of nitrogens with zero attached hydrogens (tertiary/aromatic N) is 6. The number of hydrogen-bond donors (Lipinski definition) is 0. The number of ether oxygens (including phenoxy) is 1. The number of benzene rings is 1. The third-order valence-corrected chi connectivity index (χ3v) is 6.65. The summed E-state index contributed by atoms with van der Waals surface area (Å²) >= 11 is 0. The third kappa shape index (κ3) is 3.97. The highest BCUT2D eigenvalue weighted by Gasteiger charge is 2.28. The van der Waals surface area contributed by atoms with Crippen molar-refractivity contribution in [1.29, 1.82) is 0 Å². The highest BCUT2D eigenvalue weighted by molar-refractivity contribution is 5.87. The molecule has 0 amide bonds. The second-order valence-corrected chi connectivity index (χ2v) is 8.75. The van der Waals surface area contributed by atoms with Gasteiger partial charge in [-0.15, -0.1) is 0 Å². The molecule has 2 fully saturated rings. The van der Waals surface area contributed by atoms with Crippen molar-refractivity contribution in [2.75, 3.05) is 57.5 Å². The van der Waals surface area contributed by atoms with E-state index in [1.807, 2.05) is 6.92 Å². The number of imidazole rings is 1. The quantitative estimate of drug-likeness (QED) is 0.607. The topological polar surface area (TPSA) is 59.3 Å². The summed E-state index contributed by atoms with van der Waals surface area (Å²) in [6.07, 6.45) is 1.90. The minimum absolute atomic E-state index is 0.298. The Balaban J connectivity index is 1.63. The first-order valence-corrected chi connectivity index (χ1v) is 11.6. The number of alkyl halides is 1. The van der Waals surface area contributed by atoms with Crippen molar-refractivity contribution in [3.05, 3.63) is 35.7 Å².